The van der Waals surface area contributed by atoms with Gasteiger partial charge in [-0.15, -0.1) is 0 Å². The van der Waals surface area contributed by atoms with Crippen LogP contribution in [-0.4, -0.2) is 31.3 Å². The van der Waals surface area contributed by atoms with E-state index < -0.39 is 0 Å². The Labute approximate surface area is 120 Å². The van der Waals surface area contributed by atoms with Crippen LogP contribution in [0, 0.1) is 18.3 Å². The number of aryl methyl sites for hydroxylation is 1. The van der Waals surface area contributed by atoms with Crippen molar-refractivity contribution in [3.8, 4) is 6.07 Å². The SMILES string of the molecule is Cc1nc(N2CCn3nc(C#N)cc3C2)c2[nH]ccc2n1. The van der Waals surface area contributed by atoms with E-state index in [0.717, 1.165) is 41.5 Å². The zero-order valence-electron chi connectivity index (χ0n) is 11.5. The summed E-state index contributed by atoms with van der Waals surface area (Å²) in [7, 11) is 0. The molecule has 0 aromatic carbocycles. The van der Waals surface area contributed by atoms with E-state index >= 15 is 0 Å². The van der Waals surface area contributed by atoms with Gasteiger partial charge in [0.2, 0.25) is 0 Å². The van der Waals surface area contributed by atoms with Gasteiger partial charge in [-0.1, -0.05) is 0 Å². The van der Waals surface area contributed by atoms with E-state index in [4.69, 9.17) is 5.26 Å². The van der Waals surface area contributed by atoms with Crippen LogP contribution in [0.4, 0.5) is 5.82 Å². The first-order chi connectivity index (χ1) is 10.2. The van der Waals surface area contributed by atoms with Gasteiger partial charge >= 0.3 is 0 Å². The average molecular weight is 279 g/mol. The summed E-state index contributed by atoms with van der Waals surface area (Å²) in [5, 5.41) is 13.2. The maximum absolute atomic E-state index is 8.95. The molecule has 0 fully saturated rings. The number of hydrogen-bond acceptors (Lipinski definition) is 5. The predicted molar refractivity (Wildman–Crippen MR) is 76.6 cm³/mol. The zero-order chi connectivity index (χ0) is 14.4. The number of hydrogen-bond donors (Lipinski definition) is 1. The van der Waals surface area contributed by atoms with Gasteiger partial charge in [0.1, 0.15) is 17.4 Å². The molecule has 0 saturated carbocycles. The highest BCUT2D eigenvalue weighted by Gasteiger charge is 2.22. The molecule has 104 valence electrons. The van der Waals surface area contributed by atoms with Gasteiger partial charge < -0.3 is 9.88 Å². The van der Waals surface area contributed by atoms with Gasteiger partial charge in [-0.3, -0.25) is 4.68 Å². The van der Waals surface area contributed by atoms with Crippen LogP contribution in [0.5, 0.6) is 0 Å². The van der Waals surface area contributed by atoms with Crippen molar-refractivity contribution in [1.82, 2.24) is 24.7 Å². The lowest BCUT2D eigenvalue weighted by molar-refractivity contribution is 0.516. The number of H-pyrrole nitrogens is 1. The van der Waals surface area contributed by atoms with Crippen LogP contribution in [0.2, 0.25) is 0 Å². The van der Waals surface area contributed by atoms with Crippen LogP contribution in [0.25, 0.3) is 11.0 Å². The number of nitrogens with one attached hydrogen (secondary N) is 1. The van der Waals surface area contributed by atoms with Crippen molar-refractivity contribution in [2.75, 3.05) is 11.4 Å². The molecule has 1 N–H and O–H groups in total. The molecule has 0 spiro atoms. The molecule has 7 heteroatoms. The lowest BCUT2D eigenvalue weighted by atomic mass is 10.2. The van der Waals surface area contributed by atoms with E-state index in [1.165, 1.54) is 0 Å². The second kappa shape index (κ2) is 4.31. The minimum atomic E-state index is 0.468. The molecule has 21 heavy (non-hydrogen) atoms. The molecule has 1 aliphatic heterocycles. The van der Waals surface area contributed by atoms with Gasteiger partial charge in [0.15, 0.2) is 11.5 Å². The average Bonchev–Trinajstić information content (AvgIpc) is 3.10. The van der Waals surface area contributed by atoms with Crippen molar-refractivity contribution in [2.24, 2.45) is 0 Å². The van der Waals surface area contributed by atoms with Crippen molar-refractivity contribution in [2.45, 2.75) is 20.0 Å². The lowest BCUT2D eigenvalue weighted by Crippen LogP contribution is -2.34. The van der Waals surface area contributed by atoms with Crippen molar-refractivity contribution >= 4 is 16.9 Å². The summed E-state index contributed by atoms with van der Waals surface area (Å²) in [5.74, 6) is 1.67. The van der Waals surface area contributed by atoms with Crippen LogP contribution < -0.4 is 4.90 Å². The normalized spacial score (nSPS) is 14.2. The third-order valence-electron chi connectivity index (χ3n) is 3.71. The van der Waals surface area contributed by atoms with Crippen LogP contribution in [0.15, 0.2) is 18.3 Å². The Hall–Kier alpha value is -2.88. The number of nitriles is 1. The number of anilines is 1. The first kappa shape index (κ1) is 11.9. The van der Waals surface area contributed by atoms with Gasteiger partial charge in [0, 0.05) is 12.7 Å². The van der Waals surface area contributed by atoms with Crippen LogP contribution >= 0.6 is 0 Å². The van der Waals surface area contributed by atoms with Crippen LogP contribution in [-0.2, 0) is 13.1 Å². The van der Waals surface area contributed by atoms with Gasteiger partial charge in [0.05, 0.1) is 24.3 Å². The van der Waals surface area contributed by atoms with E-state index in [9.17, 15) is 0 Å². The zero-order valence-corrected chi connectivity index (χ0v) is 11.5. The highest BCUT2D eigenvalue weighted by molar-refractivity contribution is 5.86. The quantitative estimate of drug-likeness (QED) is 0.726. The fraction of sp³-hybridized carbons (Fsp3) is 0.286. The number of aromatic amines is 1. The minimum absolute atomic E-state index is 0.468. The Kier molecular flexibility index (Phi) is 2.44. The summed E-state index contributed by atoms with van der Waals surface area (Å²) in [6.45, 7) is 4.16. The Balaban J connectivity index is 1.77. The van der Waals surface area contributed by atoms with Gasteiger partial charge in [0.25, 0.3) is 0 Å². The first-order valence-electron chi connectivity index (χ1n) is 6.78. The molecule has 4 heterocycles. The molecule has 4 rings (SSSR count). The van der Waals surface area contributed by atoms with Crippen LogP contribution in [0.1, 0.15) is 17.2 Å². The fourth-order valence-electron chi connectivity index (χ4n) is 2.77. The molecule has 0 amide bonds. The summed E-state index contributed by atoms with van der Waals surface area (Å²) in [6, 6.07) is 5.88. The Morgan fingerprint density at radius 3 is 3.10 bits per heavy atom. The van der Waals surface area contributed by atoms with Crippen molar-refractivity contribution in [1.29, 1.82) is 5.26 Å². The number of rotatable bonds is 1. The third kappa shape index (κ3) is 1.84. The molecule has 7 nitrogen and oxygen atoms in total. The molecule has 3 aromatic rings. The molecule has 0 bridgehead atoms. The van der Waals surface area contributed by atoms with Gasteiger partial charge in [-0.2, -0.15) is 10.4 Å². The van der Waals surface area contributed by atoms with E-state index in [-0.39, 0.29) is 0 Å². The molecule has 0 aliphatic carbocycles. The molecule has 0 atom stereocenters. The lowest BCUT2D eigenvalue weighted by Gasteiger charge is -2.29. The van der Waals surface area contributed by atoms with E-state index in [0.29, 0.717) is 12.2 Å². The van der Waals surface area contributed by atoms with Crippen molar-refractivity contribution < 1.29 is 0 Å². The summed E-state index contributed by atoms with van der Waals surface area (Å²) < 4.78 is 1.90. The number of aromatic nitrogens is 5. The fourth-order valence-corrected chi connectivity index (χ4v) is 2.77. The second-order valence-corrected chi connectivity index (χ2v) is 5.11. The number of nitrogens with zero attached hydrogens (tertiary/aromatic N) is 6. The number of fused-ring (bicyclic) bond motifs is 2. The summed E-state index contributed by atoms with van der Waals surface area (Å²) in [4.78, 5) is 14.4. The predicted octanol–water partition coefficient (Wildman–Crippen LogP) is 1.35. The maximum atomic E-state index is 8.95. The van der Waals surface area contributed by atoms with E-state index in [1.54, 1.807) is 0 Å². The molecular formula is C14H13N7. The van der Waals surface area contributed by atoms with Crippen LogP contribution in [0.3, 0.4) is 0 Å². The first-order valence-corrected chi connectivity index (χ1v) is 6.78. The van der Waals surface area contributed by atoms with E-state index in [2.05, 4.69) is 31.0 Å². The summed E-state index contributed by atoms with van der Waals surface area (Å²) >= 11 is 0. The summed E-state index contributed by atoms with van der Waals surface area (Å²) in [5.41, 5.74) is 3.38. The maximum Gasteiger partial charge on any atom is 0.162 e. The minimum Gasteiger partial charge on any atom is -0.357 e. The topological polar surface area (TPSA) is 86.4 Å². The highest BCUT2D eigenvalue weighted by Crippen LogP contribution is 2.26. The molecule has 3 aromatic heterocycles. The molecule has 0 unspecified atom stereocenters. The van der Waals surface area contributed by atoms with Gasteiger partial charge in [-0.05, 0) is 19.1 Å². The Morgan fingerprint density at radius 2 is 2.24 bits per heavy atom. The Bertz CT molecular complexity index is 867. The standard InChI is InChI=1S/C14H13N7/c1-9-17-12-2-3-16-13(12)14(18-9)20-4-5-21-11(8-20)6-10(7-15)19-21/h2-3,6,16H,4-5,8H2,1H3. The second-order valence-electron chi connectivity index (χ2n) is 5.11. The van der Waals surface area contributed by atoms with E-state index in [1.807, 2.05) is 29.9 Å². The molecular weight excluding hydrogens is 266 g/mol. The smallest absolute Gasteiger partial charge is 0.162 e. The largest absolute Gasteiger partial charge is 0.357 e. The molecule has 1 aliphatic rings. The summed E-state index contributed by atoms with van der Waals surface area (Å²) in [6.07, 6.45) is 1.88. The highest BCUT2D eigenvalue weighted by atomic mass is 15.4. The van der Waals surface area contributed by atoms with Crippen molar-refractivity contribution in [3.05, 3.63) is 35.5 Å². The third-order valence-corrected chi connectivity index (χ3v) is 3.71. The van der Waals surface area contributed by atoms with Crippen molar-refractivity contribution in [3.63, 3.8) is 0 Å². The molecule has 0 radical (unpaired) electrons. The monoisotopic (exact) mass is 279 g/mol. The Morgan fingerprint density at radius 1 is 1.33 bits per heavy atom. The van der Waals surface area contributed by atoms with Gasteiger partial charge in [-0.25, -0.2) is 9.97 Å². The molecule has 0 saturated heterocycles.